The molecule has 2 aromatic rings. The molecule has 8 nitrogen and oxygen atoms in total. The van der Waals surface area contributed by atoms with Crippen molar-refractivity contribution in [3.63, 3.8) is 0 Å². The van der Waals surface area contributed by atoms with E-state index in [2.05, 4.69) is 15.1 Å². The molecular weight excluding hydrogens is 405 g/mol. The van der Waals surface area contributed by atoms with E-state index in [1.807, 2.05) is 19.0 Å². The molecule has 0 N–H and O–H groups in total. The fourth-order valence-corrected chi connectivity index (χ4v) is 2.56. The van der Waals surface area contributed by atoms with Gasteiger partial charge in [0.15, 0.2) is 0 Å². The van der Waals surface area contributed by atoms with Crippen molar-refractivity contribution < 1.29 is 35.3 Å². The fourth-order valence-electron chi connectivity index (χ4n) is 2.56. The van der Waals surface area contributed by atoms with E-state index in [1.54, 1.807) is 23.0 Å². The van der Waals surface area contributed by atoms with Crippen molar-refractivity contribution in [2.24, 2.45) is 0 Å². The summed E-state index contributed by atoms with van der Waals surface area (Å²) in [4.78, 5) is 9.17. The molecule has 0 aliphatic carbocycles. The number of aromatic nitrogens is 4. The number of ether oxygens (including phenoxy) is 1. The number of hydrogen-bond donors (Lipinski definition) is 0. The van der Waals surface area contributed by atoms with Crippen LogP contribution in [0.15, 0.2) is 18.3 Å². The molecule has 2 aromatic heterocycles. The van der Waals surface area contributed by atoms with Crippen LogP contribution in [0.1, 0.15) is 6.29 Å². The Balaban J connectivity index is 0.000000456. The quantitative estimate of drug-likeness (QED) is 0.284. The maximum Gasteiger partial charge on any atom is -1.00 e. The monoisotopic (exact) mass is 423 g/mol. The van der Waals surface area contributed by atoms with Crippen molar-refractivity contribution in [3.8, 4) is 0 Å². The smallest absolute Gasteiger partial charge is 1.00 e. The Kier molecular flexibility index (Phi) is 7.33. The number of hydrogen-bond acceptors (Lipinski definition) is 6. The van der Waals surface area contributed by atoms with Gasteiger partial charge in [0.05, 0.1) is 18.4 Å². The summed E-state index contributed by atoms with van der Waals surface area (Å²) in [5, 5.41) is 16.0. The molecule has 0 bridgehead atoms. The average molecular weight is 423 g/mol. The zero-order valence-corrected chi connectivity index (χ0v) is 15.2. The van der Waals surface area contributed by atoms with E-state index in [1.165, 1.54) is 0 Å². The molecule has 0 amide bonds. The van der Waals surface area contributed by atoms with Crippen molar-refractivity contribution in [2.45, 2.75) is 6.29 Å². The molecule has 156 valence electrons. The Labute approximate surface area is 150 Å². The molecule has 27 heavy (non-hydrogen) atoms. The van der Waals surface area contributed by atoms with Gasteiger partial charge in [-0.25, -0.2) is 9.88 Å². The van der Waals surface area contributed by atoms with E-state index in [0.717, 1.165) is 13.1 Å². The SMILES string of the molecule is CN(C)C(N1CCOCC1)n1n[n+]([O-])c2cccnc21.FP(F)(F)(F)F.[F-]. The van der Waals surface area contributed by atoms with Gasteiger partial charge in [0, 0.05) is 19.3 Å². The van der Waals surface area contributed by atoms with Crippen LogP contribution in [0.2, 0.25) is 0 Å². The first kappa shape index (κ1) is 23.3. The van der Waals surface area contributed by atoms with Gasteiger partial charge in [-0.3, -0.25) is 4.90 Å². The zero-order chi connectivity index (χ0) is 19.6. The Bertz CT molecular complexity index is 732. The Morgan fingerprint density at radius 3 is 2.30 bits per heavy atom. The second-order valence-corrected chi connectivity index (χ2v) is 6.93. The normalized spacial score (nSPS) is 18.1. The summed E-state index contributed by atoms with van der Waals surface area (Å²) in [7, 11) is -4.62. The first-order chi connectivity index (χ1) is 11.9. The average Bonchev–Trinajstić information content (AvgIpc) is 2.83. The summed E-state index contributed by atoms with van der Waals surface area (Å²) >= 11 is 0. The van der Waals surface area contributed by atoms with Gasteiger partial charge in [0.1, 0.15) is 0 Å². The molecule has 1 fully saturated rings. The van der Waals surface area contributed by atoms with Gasteiger partial charge in [0.2, 0.25) is 11.8 Å². The van der Waals surface area contributed by atoms with Crippen LogP contribution >= 0.6 is 8.16 Å². The Hall–Kier alpha value is -1.76. The van der Waals surface area contributed by atoms with Gasteiger partial charge in [-0.15, -0.1) is 4.85 Å². The first-order valence-electron chi connectivity index (χ1n) is 7.44. The molecule has 0 saturated carbocycles. The molecule has 3 heterocycles. The van der Waals surface area contributed by atoms with Gasteiger partial charge >= 0.3 is 29.1 Å². The second-order valence-electron chi connectivity index (χ2n) is 5.65. The van der Waals surface area contributed by atoms with Gasteiger partial charge in [0.25, 0.3) is 5.65 Å². The summed E-state index contributed by atoms with van der Waals surface area (Å²) in [6.45, 7) is 2.98. The molecule has 0 aromatic carbocycles. The summed E-state index contributed by atoms with van der Waals surface area (Å²) in [5.41, 5.74) is 1.07. The van der Waals surface area contributed by atoms with E-state index in [4.69, 9.17) is 4.74 Å². The van der Waals surface area contributed by atoms with Crippen LogP contribution in [0, 0.1) is 5.21 Å². The van der Waals surface area contributed by atoms with Crippen LogP contribution in [0.25, 0.3) is 11.2 Å². The van der Waals surface area contributed by atoms with Crippen LogP contribution in [-0.2, 0) is 4.74 Å². The molecule has 3 rings (SSSR count). The molecule has 1 unspecified atom stereocenters. The molecule has 1 aliphatic heterocycles. The van der Waals surface area contributed by atoms with Gasteiger partial charge in [-0.2, -0.15) is 0 Å². The molecule has 15 heteroatoms. The summed E-state index contributed by atoms with van der Waals surface area (Å²) in [6, 6.07) is 3.47. The third kappa shape index (κ3) is 7.05. The van der Waals surface area contributed by atoms with Crippen LogP contribution < -0.4 is 9.55 Å². The minimum absolute atomic E-state index is 0. The van der Waals surface area contributed by atoms with Crippen LogP contribution in [0.5, 0.6) is 0 Å². The topological polar surface area (TPSA) is 73.4 Å². The number of nitrogens with zero attached hydrogens (tertiary/aromatic N) is 6. The molecular formula is C12H18F6N6O2P-. The molecule has 0 spiro atoms. The largest absolute Gasteiger partial charge is 1.00 e. The van der Waals surface area contributed by atoms with E-state index < -0.39 is 8.16 Å². The number of rotatable bonds is 3. The minimum Gasteiger partial charge on any atom is -1.00 e. The standard InChI is InChI=1S/C12H18N6O2.F5P.FH/c1-15(2)12(16-6-8-20-9-7-16)17-11-10(18(19)14-17)4-3-5-13-11;1-6(2,3,4)5;/h3-5,12H,6-9H2,1-2H3;;1H/p-1. The molecule has 1 aliphatic rings. The fraction of sp³-hybridized carbons (Fsp3) is 0.583. The van der Waals surface area contributed by atoms with Crippen LogP contribution in [0.3, 0.4) is 0 Å². The minimum atomic E-state index is -8.55. The van der Waals surface area contributed by atoms with E-state index in [0.29, 0.717) is 29.2 Å². The number of halogens is 6. The predicted molar refractivity (Wildman–Crippen MR) is 84.1 cm³/mol. The number of pyridine rings is 1. The van der Waals surface area contributed by atoms with Gasteiger partial charge in [-0.1, -0.05) is 4.68 Å². The number of morpholine rings is 1. The van der Waals surface area contributed by atoms with Crippen molar-refractivity contribution in [1.29, 1.82) is 0 Å². The first-order valence-corrected chi connectivity index (χ1v) is 9.13. The van der Waals surface area contributed by atoms with E-state index in [9.17, 15) is 26.2 Å². The zero-order valence-electron chi connectivity index (χ0n) is 14.4. The molecule has 1 atom stereocenters. The van der Waals surface area contributed by atoms with Crippen molar-refractivity contribution in [2.75, 3.05) is 40.4 Å². The van der Waals surface area contributed by atoms with Crippen LogP contribution in [-0.4, -0.2) is 65.1 Å². The Morgan fingerprint density at radius 2 is 1.78 bits per heavy atom. The van der Waals surface area contributed by atoms with Crippen LogP contribution in [0.4, 0.5) is 21.0 Å². The van der Waals surface area contributed by atoms with Gasteiger partial charge in [-0.05, 0) is 26.2 Å². The predicted octanol–water partition coefficient (Wildman–Crippen LogP) is -0.619. The second kappa shape index (κ2) is 8.50. The van der Waals surface area contributed by atoms with E-state index in [-0.39, 0.29) is 11.0 Å². The summed E-state index contributed by atoms with van der Waals surface area (Å²) in [5.74, 6) is 0. The van der Waals surface area contributed by atoms with Crippen molar-refractivity contribution >= 4 is 19.3 Å². The molecule has 1 saturated heterocycles. The Morgan fingerprint density at radius 1 is 1.22 bits per heavy atom. The van der Waals surface area contributed by atoms with Crippen molar-refractivity contribution in [3.05, 3.63) is 23.5 Å². The summed E-state index contributed by atoms with van der Waals surface area (Å²) < 4.78 is 56.3. The van der Waals surface area contributed by atoms with Gasteiger partial charge < -0.3 is 14.6 Å². The third-order valence-electron chi connectivity index (χ3n) is 3.42. The summed E-state index contributed by atoms with van der Waals surface area (Å²) in [6.07, 6.45) is 1.53. The third-order valence-corrected chi connectivity index (χ3v) is 3.42. The number of fused-ring (bicyclic) bond motifs is 1. The maximum absolute atomic E-state index is 11.9. The van der Waals surface area contributed by atoms with E-state index >= 15 is 0 Å². The molecule has 0 radical (unpaired) electrons. The van der Waals surface area contributed by atoms with Crippen molar-refractivity contribution in [1.82, 2.24) is 24.7 Å². The maximum atomic E-state index is 11.9.